The van der Waals surface area contributed by atoms with E-state index in [0.717, 1.165) is 21.9 Å². The SMILES string of the molecule is Nc1cccc(-c2cn3c(n2)sc2ccccc23)c1. The van der Waals surface area contributed by atoms with Crippen molar-refractivity contribution in [2.75, 3.05) is 5.73 Å². The minimum atomic E-state index is 0.763. The predicted molar refractivity (Wildman–Crippen MR) is 80.4 cm³/mol. The molecule has 92 valence electrons. The predicted octanol–water partition coefficient (Wildman–Crippen LogP) is 3.80. The van der Waals surface area contributed by atoms with E-state index in [2.05, 4.69) is 39.8 Å². The zero-order chi connectivity index (χ0) is 12.8. The first-order valence-electron chi connectivity index (χ1n) is 6.04. The van der Waals surface area contributed by atoms with Crippen LogP contribution in [0.1, 0.15) is 0 Å². The molecule has 0 atom stereocenters. The number of benzene rings is 2. The van der Waals surface area contributed by atoms with Crippen molar-refractivity contribution in [3.63, 3.8) is 0 Å². The van der Waals surface area contributed by atoms with Gasteiger partial charge in [0.1, 0.15) is 0 Å². The van der Waals surface area contributed by atoms with Crippen molar-refractivity contribution >= 4 is 32.2 Å². The first-order chi connectivity index (χ1) is 9.31. The van der Waals surface area contributed by atoms with Crippen molar-refractivity contribution in [3.05, 3.63) is 54.7 Å². The molecule has 0 fully saturated rings. The largest absolute Gasteiger partial charge is 0.399 e. The number of nitrogens with two attached hydrogens (primary N) is 1. The maximum atomic E-state index is 5.82. The van der Waals surface area contributed by atoms with Gasteiger partial charge in [-0.2, -0.15) is 0 Å². The zero-order valence-electron chi connectivity index (χ0n) is 10.1. The van der Waals surface area contributed by atoms with Crippen molar-refractivity contribution in [2.24, 2.45) is 0 Å². The summed E-state index contributed by atoms with van der Waals surface area (Å²) in [6.45, 7) is 0. The maximum absolute atomic E-state index is 5.82. The quantitative estimate of drug-likeness (QED) is 0.532. The van der Waals surface area contributed by atoms with Gasteiger partial charge in [-0.1, -0.05) is 35.6 Å². The fourth-order valence-electron chi connectivity index (χ4n) is 2.29. The summed E-state index contributed by atoms with van der Waals surface area (Å²) in [5.74, 6) is 0. The maximum Gasteiger partial charge on any atom is 0.195 e. The molecule has 2 aromatic carbocycles. The number of thiazole rings is 1. The van der Waals surface area contributed by atoms with Crippen LogP contribution in [-0.4, -0.2) is 9.38 Å². The Hall–Kier alpha value is -2.33. The van der Waals surface area contributed by atoms with Crippen LogP contribution >= 0.6 is 11.3 Å². The van der Waals surface area contributed by atoms with Crippen LogP contribution in [0, 0.1) is 0 Å². The van der Waals surface area contributed by atoms with Gasteiger partial charge in [-0.15, -0.1) is 0 Å². The van der Waals surface area contributed by atoms with Gasteiger partial charge in [0.25, 0.3) is 0 Å². The van der Waals surface area contributed by atoms with Gasteiger partial charge >= 0.3 is 0 Å². The van der Waals surface area contributed by atoms with Crippen LogP contribution in [0.5, 0.6) is 0 Å². The molecule has 0 saturated carbocycles. The summed E-state index contributed by atoms with van der Waals surface area (Å²) in [7, 11) is 0. The lowest BCUT2D eigenvalue weighted by Crippen LogP contribution is -1.84. The number of hydrogen-bond acceptors (Lipinski definition) is 3. The second-order valence-corrected chi connectivity index (χ2v) is 5.48. The van der Waals surface area contributed by atoms with Gasteiger partial charge in [-0.3, -0.25) is 4.40 Å². The van der Waals surface area contributed by atoms with Gasteiger partial charge in [0.05, 0.1) is 15.9 Å². The Morgan fingerprint density at radius 1 is 1.05 bits per heavy atom. The molecule has 0 aliphatic carbocycles. The Morgan fingerprint density at radius 3 is 2.84 bits per heavy atom. The Balaban J connectivity index is 1.97. The minimum Gasteiger partial charge on any atom is -0.399 e. The third-order valence-corrected chi connectivity index (χ3v) is 4.22. The van der Waals surface area contributed by atoms with Gasteiger partial charge in [0, 0.05) is 17.4 Å². The highest BCUT2D eigenvalue weighted by molar-refractivity contribution is 7.23. The van der Waals surface area contributed by atoms with E-state index < -0.39 is 0 Å². The number of hydrogen-bond donors (Lipinski definition) is 1. The minimum absolute atomic E-state index is 0.763. The number of fused-ring (bicyclic) bond motifs is 3. The first kappa shape index (κ1) is 10.6. The average molecular weight is 265 g/mol. The van der Waals surface area contributed by atoms with Gasteiger partial charge < -0.3 is 5.73 Å². The first-order valence-corrected chi connectivity index (χ1v) is 6.85. The number of imidazole rings is 1. The van der Waals surface area contributed by atoms with Crippen molar-refractivity contribution in [1.82, 2.24) is 9.38 Å². The second-order valence-electron chi connectivity index (χ2n) is 4.47. The number of rotatable bonds is 1. The van der Waals surface area contributed by atoms with E-state index in [1.807, 2.05) is 24.3 Å². The molecule has 0 saturated heterocycles. The molecule has 2 aromatic heterocycles. The second kappa shape index (κ2) is 3.83. The van der Waals surface area contributed by atoms with E-state index in [9.17, 15) is 0 Å². The summed E-state index contributed by atoms with van der Waals surface area (Å²) < 4.78 is 3.39. The van der Waals surface area contributed by atoms with E-state index in [-0.39, 0.29) is 0 Å². The van der Waals surface area contributed by atoms with E-state index in [4.69, 9.17) is 5.73 Å². The van der Waals surface area contributed by atoms with Crippen molar-refractivity contribution in [1.29, 1.82) is 0 Å². The Labute approximate surface area is 113 Å². The van der Waals surface area contributed by atoms with Gasteiger partial charge in [-0.25, -0.2) is 4.98 Å². The molecule has 0 bridgehead atoms. The van der Waals surface area contributed by atoms with E-state index in [1.54, 1.807) is 11.3 Å². The van der Waals surface area contributed by atoms with Crippen molar-refractivity contribution < 1.29 is 0 Å². The third kappa shape index (κ3) is 1.61. The van der Waals surface area contributed by atoms with Crippen LogP contribution in [0.4, 0.5) is 5.69 Å². The molecular weight excluding hydrogens is 254 g/mol. The lowest BCUT2D eigenvalue weighted by molar-refractivity contribution is 1.30. The van der Waals surface area contributed by atoms with Crippen LogP contribution in [0.15, 0.2) is 54.7 Å². The summed E-state index contributed by atoms with van der Waals surface area (Å²) in [4.78, 5) is 5.70. The van der Waals surface area contributed by atoms with Crippen LogP contribution in [-0.2, 0) is 0 Å². The van der Waals surface area contributed by atoms with E-state index >= 15 is 0 Å². The summed E-state index contributed by atoms with van der Waals surface area (Å²) in [5.41, 5.74) is 9.80. The fraction of sp³-hybridized carbons (Fsp3) is 0. The van der Waals surface area contributed by atoms with E-state index in [0.29, 0.717) is 0 Å². The molecule has 3 nitrogen and oxygen atoms in total. The lowest BCUT2D eigenvalue weighted by atomic mass is 10.1. The Morgan fingerprint density at radius 2 is 1.95 bits per heavy atom. The lowest BCUT2D eigenvalue weighted by Gasteiger charge is -1.97. The van der Waals surface area contributed by atoms with Gasteiger partial charge in [0.2, 0.25) is 0 Å². The smallest absolute Gasteiger partial charge is 0.195 e. The van der Waals surface area contributed by atoms with Gasteiger partial charge in [0.15, 0.2) is 4.96 Å². The van der Waals surface area contributed by atoms with Crippen LogP contribution in [0.25, 0.3) is 26.4 Å². The molecule has 0 aliphatic rings. The van der Waals surface area contributed by atoms with Crippen molar-refractivity contribution in [3.8, 4) is 11.3 Å². The fourth-order valence-corrected chi connectivity index (χ4v) is 3.29. The number of nitrogen functional groups attached to an aromatic ring is 1. The van der Waals surface area contributed by atoms with Crippen molar-refractivity contribution in [2.45, 2.75) is 0 Å². The topological polar surface area (TPSA) is 43.3 Å². The molecule has 4 aromatic rings. The number of para-hydroxylation sites is 1. The molecule has 0 unspecified atom stereocenters. The summed E-state index contributed by atoms with van der Waals surface area (Å²) >= 11 is 1.70. The Kier molecular flexibility index (Phi) is 2.13. The molecule has 0 amide bonds. The molecule has 0 radical (unpaired) electrons. The average Bonchev–Trinajstić information content (AvgIpc) is 2.96. The molecule has 4 heteroatoms. The number of anilines is 1. The monoisotopic (exact) mass is 265 g/mol. The Bertz CT molecular complexity index is 889. The highest BCUT2D eigenvalue weighted by atomic mass is 32.1. The molecular formula is C15H11N3S. The highest BCUT2D eigenvalue weighted by Crippen LogP contribution is 2.29. The molecule has 19 heavy (non-hydrogen) atoms. The van der Waals surface area contributed by atoms with Crippen LogP contribution in [0.3, 0.4) is 0 Å². The van der Waals surface area contributed by atoms with E-state index in [1.165, 1.54) is 10.2 Å². The molecule has 4 rings (SSSR count). The molecule has 2 N–H and O–H groups in total. The summed E-state index contributed by atoms with van der Waals surface area (Å²) in [5, 5.41) is 0. The van der Waals surface area contributed by atoms with Gasteiger partial charge in [-0.05, 0) is 24.3 Å². The van der Waals surface area contributed by atoms with Crippen LogP contribution in [0.2, 0.25) is 0 Å². The molecule has 0 aliphatic heterocycles. The standard InChI is InChI=1S/C15H11N3S/c16-11-5-3-4-10(8-11)12-9-18-13-6-1-2-7-14(13)19-15(18)17-12/h1-9H,16H2. The number of nitrogens with zero attached hydrogens (tertiary/aromatic N) is 2. The third-order valence-electron chi connectivity index (χ3n) is 3.18. The summed E-state index contributed by atoms with van der Waals surface area (Å²) in [6, 6.07) is 16.2. The normalized spacial score (nSPS) is 11.4. The molecule has 0 spiro atoms. The number of aromatic nitrogens is 2. The van der Waals surface area contributed by atoms with Crippen LogP contribution < -0.4 is 5.73 Å². The molecule has 2 heterocycles. The highest BCUT2D eigenvalue weighted by Gasteiger charge is 2.09. The summed E-state index contributed by atoms with van der Waals surface area (Å²) in [6.07, 6.45) is 2.07. The zero-order valence-corrected chi connectivity index (χ0v) is 10.9.